The zero-order chi connectivity index (χ0) is 10.8. The van der Waals surface area contributed by atoms with E-state index in [9.17, 15) is 0 Å². The highest BCUT2D eigenvalue weighted by Crippen LogP contribution is 2.95. The third-order valence-corrected chi connectivity index (χ3v) is 8.57. The van der Waals surface area contributed by atoms with Crippen LogP contribution in [-0.4, -0.2) is 0 Å². The highest BCUT2D eigenvalue weighted by molar-refractivity contribution is 5.37. The summed E-state index contributed by atoms with van der Waals surface area (Å²) >= 11 is 0. The van der Waals surface area contributed by atoms with Crippen LogP contribution in [0.2, 0.25) is 0 Å². The summed E-state index contributed by atoms with van der Waals surface area (Å²) in [6.07, 6.45) is 3.08. The van der Waals surface area contributed by atoms with Crippen molar-refractivity contribution in [1.29, 1.82) is 0 Å². The van der Waals surface area contributed by atoms with Gasteiger partial charge in [-0.2, -0.15) is 0 Å². The van der Waals surface area contributed by atoms with E-state index < -0.39 is 0 Å². The van der Waals surface area contributed by atoms with Crippen LogP contribution in [0, 0.1) is 45.8 Å². The number of rotatable bonds is 0. The fraction of sp³-hybridized carbons (Fsp3) is 1.00. The summed E-state index contributed by atoms with van der Waals surface area (Å²) in [6.45, 7) is 12.8. The summed E-state index contributed by atoms with van der Waals surface area (Å²) in [5, 5.41) is 0. The van der Waals surface area contributed by atoms with E-state index in [1.54, 1.807) is 0 Å². The van der Waals surface area contributed by atoms with Crippen LogP contribution in [0.4, 0.5) is 0 Å². The predicted molar refractivity (Wildman–Crippen MR) is 62.4 cm³/mol. The molecule has 0 aromatic rings. The Balaban J connectivity index is 1.80. The van der Waals surface area contributed by atoms with E-state index in [0.29, 0.717) is 5.41 Å². The second-order valence-electron chi connectivity index (χ2n) is 7.78. The van der Waals surface area contributed by atoms with Crippen molar-refractivity contribution in [3.63, 3.8) is 0 Å². The third kappa shape index (κ3) is 0.492. The van der Waals surface area contributed by atoms with E-state index in [2.05, 4.69) is 34.6 Å². The normalized spacial score (nSPS) is 78.6. The average molecular weight is 204 g/mol. The first-order valence-corrected chi connectivity index (χ1v) is 6.90. The molecular weight excluding hydrogens is 180 g/mol. The highest BCUT2D eigenvalue weighted by Gasteiger charge is 2.90. The van der Waals surface area contributed by atoms with Gasteiger partial charge in [0, 0.05) is 0 Å². The SMILES string of the molecule is CC1CC2C3C4CC(C)C4(C)C3(C)C12C. The standard InChI is InChI=1S/C15H24/c1-8-6-10-12-11-7-9(2)14(11,4)15(12,5)13(8,10)3/h8-12H,6-7H2,1-5H3. The molecule has 0 heterocycles. The van der Waals surface area contributed by atoms with Crippen molar-refractivity contribution in [2.45, 2.75) is 47.5 Å². The zero-order valence-corrected chi connectivity index (χ0v) is 10.8. The topological polar surface area (TPSA) is 0 Å². The molecule has 84 valence electrons. The van der Waals surface area contributed by atoms with Crippen LogP contribution in [0.25, 0.3) is 0 Å². The largest absolute Gasteiger partial charge is 0.0619 e. The first kappa shape index (κ1) is 9.07. The second kappa shape index (κ2) is 1.93. The Hall–Kier alpha value is 0. The number of hydrogen-bond donors (Lipinski definition) is 0. The predicted octanol–water partition coefficient (Wildman–Crippen LogP) is 3.96. The molecule has 0 radical (unpaired) electrons. The maximum Gasteiger partial charge on any atom is -0.0174 e. The van der Waals surface area contributed by atoms with E-state index in [-0.39, 0.29) is 0 Å². The molecule has 4 aliphatic carbocycles. The van der Waals surface area contributed by atoms with Gasteiger partial charge in [-0.3, -0.25) is 0 Å². The van der Waals surface area contributed by atoms with Crippen molar-refractivity contribution in [2.75, 3.05) is 0 Å². The molecule has 0 spiro atoms. The molecule has 0 aromatic heterocycles. The lowest BCUT2D eigenvalue weighted by atomic mass is 9.09. The van der Waals surface area contributed by atoms with Gasteiger partial charge in [0.05, 0.1) is 0 Å². The van der Waals surface area contributed by atoms with Crippen LogP contribution in [-0.2, 0) is 0 Å². The third-order valence-electron chi connectivity index (χ3n) is 8.57. The van der Waals surface area contributed by atoms with Crippen molar-refractivity contribution in [3.8, 4) is 0 Å². The van der Waals surface area contributed by atoms with Gasteiger partial charge in [0.15, 0.2) is 0 Å². The minimum absolute atomic E-state index is 0.713. The Morgan fingerprint density at radius 3 is 1.53 bits per heavy atom. The van der Waals surface area contributed by atoms with Crippen molar-refractivity contribution >= 4 is 0 Å². The molecule has 0 aliphatic heterocycles. The highest BCUT2D eigenvalue weighted by atomic mass is 14.9. The molecule has 4 fully saturated rings. The Morgan fingerprint density at radius 2 is 1.20 bits per heavy atom. The maximum absolute atomic E-state index is 2.63. The van der Waals surface area contributed by atoms with Gasteiger partial charge in [0.2, 0.25) is 0 Å². The van der Waals surface area contributed by atoms with Gasteiger partial charge in [-0.15, -0.1) is 0 Å². The molecule has 0 saturated heterocycles. The summed E-state index contributed by atoms with van der Waals surface area (Å²) in [5.41, 5.74) is 2.15. The summed E-state index contributed by atoms with van der Waals surface area (Å²) in [5.74, 6) is 5.34. The van der Waals surface area contributed by atoms with Crippen LogP contribution >= 0.6 is 0 Å². The summed E-state index contributed by atoms with van der Waals surface area (Å²) in [4.78, 5) is 0. The molecule has 0 amide bonds. The van der Waals surface area contributed by atoms with Crippen LogP contribution in [0.3, 0.4) is 0 Å². The number of hydrogen-bond acceptors (Lipinski definition) is 0. The monoisotopic (exact) mass is 204 g/mol. The molecule has 4 aliphatic rings. The van der Waals surface area contributed by atoms with Gasteiger partial charge in [-0.1, -0.05) is 34.6 Å². The molecule has 6 atom stereocenters. The Morgan fingerprint density at radius 1 is 0.800 bits per heavy atom. The van der Waals surface area contributed by atoms with Crippen LogP contribution in [0.1, 0.15) is 47.5 Å². The fourth-order valence-corrected chi connectivity index (χ4v) is 7.18. The molecule has 4 saturated carbocycles. The number of fused-ring (bicyclic) bond motifs is 7. The van der Waals surface area contributed by atoms with E-state index in [1.807, 2.05) is 0 Å². The zero-order valence-electron chi connectivity index (χ0n) is 10.8. The van der Waals surface area contributed by atoms with E-state index in [0.717, 1.165) is 40.4 Å². The van der Waals surface area contributed by atoms with E-state index in [4.69, 9.17) is 0 Å². The van der Waals surface area contributed by atoms with E-state index in [1.165, 1.54) is 12.8 Å². The van der Waals surface area contributed by atoms with Crippen molar-refractivity contribution in [3.05, 3.63) is 0 Å². The molecule has 0 N–H and O–H groups in total. The summed E-state index contributed by atoms with van der Waals surface area (Å²) in [7, 11) is 0. The quantitative estimate of drug-likeness (QED) is 0.560. The minimum Gasteiger partial charge on any atom is -0.0619 e. The van der Waals surface area contributed by atoms with Gasteiger partial charge in [-0.25, -0.2) is 0 Å². The van der Waals surface area contributed by atoms with Gasteiger partial charge >= 0.3 is 0 Å². The van der Waals surface area contributed by atoms with Crippen molar-refractivity contribution in [2.24, 2.45) is 45.8 Å². The van der Waals surface area contributed by atoms with E-state index >= 15 is 0 Å². The smallest absolute Gasteiger partial charge is 0.0174 e. The Kier molecular flexibility index (Phi) is 1.17. The summed E-state index contributed by atoms with van der Waals surface area (Å²) < 4.78 is 0. The van der Waals surface area contributed by atoms with Gasteiger partial charge in [0.1, 0.15) is 0 Å². The lowest BCUT2D eigenvalue weighted by Gasteiger charge is -2.94. The van der Waals surface area contributed by atoms with Gasteiger partial charge < -0.3 is 0 Å². The Bertz CT molecular complexity index is 327. The molecule has 0 bridgehead atoms. The minimum atomic E-state index is 0.713. The second-order valence-corrected chi connectivity index (χ2v) is 7.78. The van der Waals surface area contributed by atoms with Crippen molar-refractivity contribution < 1.29 is 0 Å². The van der Waals surface area contributed by atoms with Crippen LogP contribution in [0.15, 0.2) is 0 Å². The maximum atomic E-state index is 2.63. The molecular formula is C15H24. The molecule has 0 aromatic carbocycles. The molecule has 15 heavy (non-hydrogen) atoms. The molecule has 6 unspecified atom stereocenters. The van der Waals surface area contributed by atoms with Gasteiger partial charge in [-0.05, 0) is 58.7 Å². The van der Waals surface area contributed by atoms with Crippen LogP contribution < -0.4 is 0 Å². The Labute approximate surface area is 93.8 Å². The molecule has 4 rings (SSSR count). The first-order valence-electron chi connectivity index (χ1n) is 6.90. The van der Waals surface area contributed by atoms with Crippen LogP contribution in [0.5, 0.6) is 0 Å². The molecule has 0 nitrogen and oxygen atoms in total. The first-order chi connectivity index (χ1) is 6.90. The molecule has 0 heteroatoms. The lowest BCUT2D eigenvalue weighted by Crippen LogP contribution is -2.90. The fourth-order valence-electron chi connectivity index (χ4n) is 7.18. The van der Waals surface area contributed by atoms with Crippen molar-refractivity contribution in [1.82, 2.24) is 0 Å². The van der Waals surface area contributed by atoms with Gasteiger partial charge in [0.25, 0.3) is 0 Å². The average Bonchev–Trinajstić information content (AvgIpc) is 2.23. The lowest BCUT2D eigenvalue weighted by molar-refractivity contribution is -0.474. The summed E-state index contributed by atoms with van der Waals surface area (Å²) in [6, 6.07) is 0.